The normalized spacial score (nSPS) is 11.1. The van der Waals surface area contributed by atoms with Crippen LogP contribution in [0.2, 0.25) is 5.02 Å². The minimum atomic E-state index is -3.53. The summed E-state index contributed by atoms with van der Waals surface area (Å²) in [5.74, 6) is -0.678. The molecule has 0 aromatic heterocycles. The average molecular weight is 453 g/mol. The lowest BCUT2D eigenvalue weighted by Gasteiger charge is -2.24. The van der Waals surface area contributed by atoms with Crippen molar-refractivity contribution in [3.8, 4) is 0 Å². The molecule has 0 unspecified atom stereocenters. The van der Waals surface area contributed by atoms with E-state index in [1.807, 2.05) is 0 Å². The van der Waals surface area contributed by atoms with Gasteiger partial charge < -0.3 is 10.1 Å². The van der Waals surface area contributed by atoms with Crippen LogP contribution in [0.3, 0.4) is 0 Å². The zero-order valence-corrected chi connectivity index (χ0v) is 18.7. The molecule has 0 spiro atoms. The van der Waals surface area contributed by atoms with Crippen molar-refractivity contribution in [1.82, 2.24) is 0 Å². The van der Waals surface area contributed by atoms with Gasteiger partial charge in [-0.05, 0) is 62.2 Å². The first-order chi connectivity index (χ1) is 14.1. The third-order valence-electron chi connectivity index (χ3n) is 4.35. The van der Waals surface area contributed by atoms with Gasteiger partial charge in [0.15, 0.2) is 0 Å². The SMILES string of the molecule is CCOC(=O)c1ccc(NC(=O)CCCN(c2cccc(Cl)c2C)S(C)(=O)=O)cc1. The van der Waals surface area contributed by atoms with Crippen LogP contribution in [0, 0.1) is 6.92 Å². The summed E-state index contributed by atoms with van der Waals surface area (Å²) < 4.78 is 30.7. The molecule has 0 aliphatic heterocycles. The summed E-state index contributed by atoms with van der Waals surface area (Å²) in [7, 11) is -3.53. The Morgan fingerprint density at radius 2 is 1.80 bits per heavy atom. The van der Waals surface area contributed by atoms with E-state index in [-0.39, 0.29) is 25.5 Å². The number of anilines is 2. The Kier molecular flexibility index (Phi) is 8.25. The van der Waals surface area contributed by atoms with Gasteiger partial charge in [-0.2, -0.15) is 0 Å². The first-order valence-corrected chi connectivity index (χ1v) is 11.7. The molecule has 2 aromatic carbocycles. The number of carbonyl (C=O) groups excluding carboxylic acids is 2. The molecule has 9 heteroatoms. The number of hydrogen-bond donors (Lipinski definition) is 1. The van der Waals surface area contributed by atoms with E-state index in [2.05, 4.69) is 5.32 Å². The van der Waals surface area contributed by atoms with Gasteiger partial charge in [-0.25, -0.2) is 13.2 Å². The van der Waals surface area contributed by atoms with Crippen molar-refractivity contribution in [2.75, 3.05) is 29.0 Å². The third kappa shape index (κ3) is 6.47. The molecule has 7 nitrogen and oxygen atoms in total. The van der Waals surface area contributed by atoms with Crippen LogP contribution < -0.4 is 9.62 Å². The molecule has 30 heavy (non-hydrogen) atoms. The summed E-state index contributed by atoms with van der Waals surface area (Å²) in [6.45, 7) is 3.92. The molecule has 2 rings (SSSR count). The molecule has 0 atom stereocenters. The van der Waals surface area contributed by atoms with E-state index in [1.54, 1.807) is 56.3 Å². The van der Waals surface area contributed by atoms with Gasteiger partial charge in [0, 0.05) is 23.7 Å². The Hall–Kier alpha value is -2.58. The van der Waals surface area contributed by atoms with E-state index in [1.165, 1.54) is 4.31 Å². The van der Waals surface area contributed by atoms with Crippen LogP contribution >= 0.6 is 11.6 Å². The van der Waals surface area contributed by atoms with Gasteiger partial charge in [0.1, 0.15) is 0 Å². The highest BCUT2D eigenvalue weighted by Gasteiger charge is 2.20. The van der Waals surface area contributed by atoms with Crippen molar-refractivity contribution in [2.45, 2.75) is 26.7 Å². The number of sulfonamides is 1. The molecule has 162 valence electrons. The Balaban J connectivity index is 1.96. The Labute approximate surface area is 182 Å². The largest absolute Gasteiger partial charge is 0.462 e. The monoisotopic (exact) mass is 452 g/mol. The molecule has 0 aliphatic carbocycles. The molecule has 1 amide bonds. The molecule has 0 saturated carbocycles. The molecule has 2 aromatic rings. The summed E-state index contributed by atoms with van der Waals surface area (Å²) in [6, 6.07) is 11.4. The molecule has 0 fully saturated rings. The van der Waals surface area contributed by atoms with Crippen LogP contribution in [0.15, 0.2) is 42.5 Å². The summed E-state index contributed by atoms with van der Waals surface area (Å²) in [4.78, 5) is 23.9. The molecule has 0 bridgehead atoms. The lowest BCUT2D eigenvalue weighted by atomic mass is 10.2. The number of benzene rings is 2. The van der Waals surface area contributed by atoms with Gasteiger partial charge in [-0.3, -0.25) is 9.10 Å². The van der Waals surface area contributed by atoms with E-state index in [4.69, 9.17) is 16.3 Å². The minimum absolute atomic E-state index is 0.130. The predicted octanol–water partition coefficient (Wildman–Crippen LogP) is 4.01. The summed E-state index contributed by atoms with van der Waals surface area (Å²) in [5.41, 5.74) is 2.10. The molecular weight excluding hydrogens is 428 g/mol. The molecular formula is C21H25ClN2O5S. The summed E-state index contributed by atoms with van der Waals surface area (Å²) in [6.07, 6.45) is 1.58. The fourth-order valence-electron chi connectivity index (χ4n) is 2.84. The fraction of sp³-hybridized carbons (Fsp3) is 0.333. The Morgan fingerprint density at radius 3 is 2.40 bits per heavy atom. The van der Waals surface area contributed by atoms with Crippen molar-refractivity contribution in [2.24, 2.45) is 0 Å². The van der Waals surface area contributed by atoms with Crippen LogP contribution in [0.25, 0.3) is 0 Å². The van der Waals surface area contributed by atoms with Crippen molar-refractivity contribution in [3.63, 3.8) is 0 Å². The quantitative estimate of drug-likeness (QED) is 0.580. The standard InChI is InChI=1S/C21H25ClN2O5S/c1-4-29-21(26)16-10-12-17(13-11-16)23-20(25)9-6-14-24(30(3,27)28)19-8-5-7-18(22)15(19)2/h5,7-8,10-13H,4,6,9,14H2,1-3H3,(H,23,25). The Bertz CT molecular complexity index is 1010. The number of halogens is 1. The van der Waals surface area contributed by atoms with Gasteiger partial charge in [0.2, 0.25) is 15.9 Å². The van der Waals surface area contributed by atoms with Crippen molar-refractivity contribution in [1.29, 1.82) is 0 Å². The van der Waals surface area contributed by atoms with Crippen molar-refractivity contribution in [3.05, 3.63) is 58.6 Å². The molecule has 1 N–H and O–H groups in total. The van der Waals surface area contributed by atoms with Crippen molar-refractivity contribution >= 4 is 44.9 Å². The number of rotatable bonds is 9. The molecule has 0 saturated heterocycles. The van der Waals surface area contributed by atoms with E-state index < -0.39 is 16.0 Å². The second kappa shape index (κ2) is 10.4. The van der Waals surface area contributed by atoms with Gasteiger partial charge in [0.05, 0.1) is 24.1 Å². The van der Waals surface area contributed by atoms with Crippen LogP contribution in [0.5, 0.6) is 0 Å². The van der Waals surface area contributed by atoms with Crippen LogP contribution in [-0.4, -0.2) is 39.7 Å². The maximum Gasteiger partial charge on any atom is 0.338 e. The zero-order valence-electron chi connectivity index (χ0n) is 17.1. The molecule has 0 heterocycles. The first-order valence-electron chi connectivity index (χ1n) is 9.43. The first kappa shape index (κ1) is 23.7. The summed E-state index contributed by atoms with van der Waals surface area (Å²) >= 11 is 6.12. The number of nitrogens with one attached hydrogen (secondary N) is 1. The van der Waals surface area contributed by atoms with Gasteiger partial charge >= 0.3 is 5.97 Å². The smallest absolute Gasteiger partial charge is 0.338 e. The third-order valence-corrected chi connectivity index (χ3v) is 5.94. The zero-order chi connectivity index (χ0) is 22.3. The highest BCUT2D eigenvalue weighted by molar-refractivity contribution is 7.92. The number of ether oxygens (including phenoxy) is 1. The van der Waals surface area contributed by atoms with Crippen LogP contribution in [-0.2, 0) is 19.6 Å². The topological polar surface area (TPSA) is 92.8 Å². The Morgan fingerprint density at radius 1 is 1.13 bits per heavy atom. The number of esters is 1. The minimum Gasteiger partial charge on any atom is -0.462 e. The average Bonchev–Trinajstić information content (AvgIpc) is 2.68. The maximum atomic E-state index is 12.2. The van der Waals surface area contributed by atoms with Crippen LogP contribution in [0.1, 0.15) is 35.7 Å². The lowest BCUT2D eigenvalue weighted by molar-refractivity contribution is -0.116. The van der Waals surface area contributed by atoms with E-state index in [0.29, 0.717) is 33.9 Å². The van der Waals surface area contributed by atoms with E-state index in [9.17, 15) is 18.0 Å². The molecule has 0 aliphatic rings. The highest BCUT2D eigenvalue weighted by atomic mass is 35.5. The highest BCUT2D eigenvalue weighted by Crippen LogP contribution is 2.28. The summed E-state index contributed by atoms with van der Waals surface area (Å²) in [5, 5.41) is 3.21. The van der Waals surface area contributed by atoms with Crippen molar-refractivity contribution < 1.29 is 22.7 Å². The maximum absolute atomic E-state index is 12.2. The van der Waals surface area contributed by atoms with Gasteiger partial charge in [0.25, 0.3) is 0 Å². The molecule has 0 radical (unpaired) electrons. The van der Waals surface area contributed by atoms with Gasteiger partial charge in [-0.1, -0.05) is 17.7 Å². The predicted molar refractivity (Wildman–Crippen MR) is 119 cm³/mol. The lowest BCUT2D eigenvalue weighted by Crippen LogP contribution is -2.32. The number of carbonyl (C=O) groups is 2. The second-order valence-corrected chi connectivity index (χ2v) is 8.98. The van der Waals surface area contributed by atoms with Gasteiger partial charge in [-0.15, -0.1) is 0 Å². The van der Waals surface area contributed by atoms with Crippen LogP contribution in [0.4, 0.5) is 11.4 Å². The fourth-order valence-corrected chi connectivity index (χ4v) is 4.03. The van der Waals surface area contributed by atoms with E-state index >= 15 is 0 Å². The number of nitrogens with zero attached hydrogens (tertiary/aromatic N) is 1. The second-order valence-electron chi connectivity index (χ2n) is 6.67. The van der Waals surface area contributed by atoms with E-state index in [0.717, 1.165) is 6.26 Å². The number of hydrogen-bond acceptors (Lipinski definition) is 5. The number of amides is 1.